The summed E-state index contributed by atoms with van der Waals surface area (Å²) in [4.78, 5) is 20.8. The molecule has 0 radical (unpaired) electrons. The van der Waals surface area contributed by atoms with E-state index in [1.54, 1.807) is 6.92 Å². The zero-order valence-corrected chi connectivity index (χ0v) is 13.3. The van der Waals surface area contributed by atoms with Crippen LogP contribution in [-0.4, -0.2) is 46.0 Å². The summed E-state index contributed by atoms with van der Waals surface area (Å²) < 4.78 is 0. The van der Waals surface area contributed by atoms with E-state index < -0.39 is 4.92 Å². The van der Waals surface area contributed by atoms with E-state index in [0.29, 0.717) is 6.54 Å². The van der Waals surface area contributed by atoms with Crippen LogP contribution >= 0.6 is 11.6 Å². The topological polar surface area (TPSA) is 84.2 Å². The number of anilines is 1. The van der Waals surface area contributed by atoms with Crippen molar-refractivity contribution in [1.82, 2.24) is 14.9 Å². The fourth-order valence-corrected chi connectivity index (χ4v) is 3.15. The van der Waals surface area contributed by atoms with Gasteiger partial charge in [0.2, 0.25) is 11.1 Å². The van der Waals surface area contributed by atoms with E-state index in [-0.39, 0.29) is 28.0 Å². The minimum Gasteiger partial charge on any atom is -0.362 e. The van der Waals surface area contributed by atoms with Gasteiger partial charge in [-0.3, -0.25) is 10.1 Å². The van der Waals surface area contributed by atoms with Crippen molar-refractivity contribution in [2.45, 2.75) is 38.1 Å². The molecule has 116 valence electrons. The lowest BCUT2D eigenvalue weighted by atomic mass is 9.96. The van der Waals surface area contributed by atoms with Gasteiger partial charge in [-0.2, -0.15) is 4.98 Å². The third-order valence-corrected chi connectivity index (χ3v) is 4.45. The van der Waals surface area contributed by atoms with Crippen molar-refractivity contribution < 1.29 is 4.92 Å². The van der Waals surface area contributed by atoms with E-state index in [2.05, 4.69) is 20.2 Å². The molecule has 0 spiro atoms. The van der Waals surface area contributed by atoms with Gasteiger partial charge in [0, 0.05) is 12.1 Å². The number of rotatable bonds is 5. The summed E-state index contributed by atoms with van der Waals surface area (Å²) in [6.07, 6.45) is 4.48. The second-order valence-corrected chi connectivity index (χ2v) is 6.05. The fraction of sp³-hybridized carbons (Fsp3) is 0.692. The smallest absolute Gasteiger partial charge is 0.332 e. The highest BCUT2D eigenvalue weighted by atomic mass is 35.5. The Morgan fingerprint density at radius 2 is 2.00 bits per heavy atom. The van der Waals surface area contributed by atoms with Crippen LogP contribution in [0.3, 0.4) is 0 Å². The standard InChI is InChI=1S/C13H20ClN5O2/c1-9-10(19(20)21)11(17-12(14)16-9)15-8-13(18(2)3)6-4-5-7-13/h4-8H2,1-3H3,(H,15,16,17). The highest BCUT2D eigenvalue weighted by Gasteiger charge is 2.36. The Hall–Kier alpha value is -1.47. The molecule has 1 N–H and O–H groups in total. The molecule has 8 heteroatoms. The van der Waals surface area contributed by atoms with Gasteiger partial charge in [-0.15, -0.1) is 0 Å². The van der Waals surface area contributed by atoms with Crippen LogP contribution < -0.4 is 5.32 Å². The Labute approximate surface area is 128 Å². The zero-order chi connectivity index (χ0) is 15.6. The van der Waals surface area contributed by atoms with Crippen molar-refractivity contribution >= 4 is 23.1 Å². The second-order valence-electron chi connectivity index (χ2n) is 5.71. The maximum atomic E-state index is 11.2. The number of aryl methyl sites for hydroxylation is 1. The summed E-state index contributed by atoms with van der Waals surface area (Å²) in [5, 5.41) is 14.3. The van der Waals surface area contributed by atoms with Gasteiger partial charge in [-0.1, -0.05) is 12.8 Å². The molecule has 1 fully saturated rings. The van der Waals surface area contributed by atoms with Gasteiger partial charge < -0.3 is 10.2 Å². The van der Waals surface area contributed by atoms with E-state index in [9.17, 15) is 10.1 Å². The van der Waals surface area contributed by atoms with E-state index >= 15 is 0 Å². The van der Waals surface area contributed by atoms with Crippen molar-refractivity contribution in [3.8, 4) is 0 Å². The van der Waals surface area contributed by atoms with E-state index in [0.717, 1.165) is 12.8 Å². The molecule has 1 saturated carbocycles. The number of nitro groups is 1. The van der Waals surface area contributed by atoms with E-state index in [1.165, 1.54) is 12.8 Å². The predicted molar refractivity (Wildman–Crippen MR) is 81.8 cm³/mol. The molecule has 1 aliphatic carbocycles. The highest BCUT2D eigenvalue weighted by Crippen LogP contribution is 2.35. The lowest BCUT2D eigenvalue weighted by Crippen LogP contribution is -2.47. The number of likely N-dealkylation sites (N-methyl/N-ethyl adjacent to an activating group) is 1. The zero-order valence-electron chi connectivity index (χ0n) is 12.5. The summed E-state index contributed by atoms with van der Waals surface area (Å²) >= 11 is 5.82. The average molecular weight is 314 g/mol. The third-order valence-electron chi connectivity index (χ3n) is 4.28. The molecular weight excluding hydrogens is 294 g/mol. The van der Waals surface area contributed by atoms with Gasteiger partial charge >= 0.3 is 5.69 Å². The first-order chi connectivity index (χ1) is 9.85. The first kappa shape index (κ1) is 15.9. The molecule has 0 amide bonds. The van der Waals surface area contributed by atoms with Gasteiger partial charge in [0.15, 0.2) is 0 Å². The minimum absolute atomic E-state index is 0.0131. The number of nitrogens with zero attached hydrogens (tertiary/aromatic N) is 4. The Bertz CT molecular complexity index is 544. The van der Waals surface area contributed by atoms with Crippen LogP contribution in [0.2, 0.25) is 5.28 Å². The molecule has 1 heterocycles. The summed E-state index contributed by atoms with van der Waals surface area (Å²) in [5.41, 5.74) is 0.179. The Morgan fingerprint density at radius 1 is 1.38 bits per heavy atom. The van der Waals surface area contributed by atoms with Crippen molar-refractivity contribution in [2.24, 2.45) is 0 Å². The molecule has 1 aromatic heterocycles. The van der Waals surface area contributed by atoms with Crippen LogP contribution in [-0.2, 0) is 0 Å². The number of nitrogens with one attached hydrogen (secondary N) is 1. The van der Waals surface area contributed by atoms with Crippen LogP contribution in [0.4, 0.5) is 11.5 Å². The minimum atomic E-state index is -0.467. The van der Waals surface area contributed by atoms with Gasteiger partial charge in [0.05, 0.1) is 4.92 Å². The maximum absolute atomic E-state index is 11.2. The SMILES string of the molecule is Cc1nc(Cl)nc(NCC2(N(C)C)CCCC2)c1[N+](=O)[O-]. The van der Waals surface area contributed by atoms with Crippen molar-refractivity contribution in [2.75, 3.05) is 26.0 Å². The molecular formula is C13H20ClN5O2. The molecule has 0 aromatic carbocycles. The summed E-state index contributed by atoms with van der Waals surface area (Å²) in [7, 11) is 4.08. The van der Waals surface area contributed by atoms with Crippen molar-refractivity contribution in [3.63, 3.8) is 0 Å². The fourth-order valence-electron chi connectivity index (χ4n) is 2.94. The number of hydrogen-bond acceptors (Lipinski definition) is 6. The first-order valence-corrected chi connectivity index (χ1v) is 7.33. The molecule has 0 aliphatic heterocycles. The number of halogens is 1. The average Bonchev–Trinajstić information content (AvgIpc) is 2.85. The van der Waals surface area contributed by atoms with Crippen LogP contribution in [0.5, 0.6) is 0 Å². The number of aromatic nitrogens is 2. The summed E-state index contributed by atoms with van der Waals surface area (Å²) in [6, 6.07) is 0. The second kappa shape index (κ2) is 6.11. The predicted octanol–water partition coefficient (Wildman–Crippen LogP) is 2.63. The van der Waals surface area contributed by atoms with E-state index in [4.69, 9.17) is 11.6 Å². The van der Waals surface area contributed by atoms with Crippen LogP contribution in [0.15, 0.2) is 0 Å². The lowest BCUT2D eigenvalue weighted by Gasteiger charge is -2.36. The number of hydrogen-bond donors (Lipinski definition) is 1. The molecule has 0 bridgehead atoms. The first-order valence-electron chi connectivity index (χ1n) is 6.95. The lowest BCUT2D eigenvalue weighted by molar-refractivity contribution is -0.385. The van der Waals surface area contributed by atoms with Crippen LogP contribution in [0.1, 0.15) is 31.4 Å². The van der Waals surface area contributed by atoms with E-state index in [1.807, 2.05) is 14.1 Å². The third kappa shape index (κ3) is 3.24. The molecule has 0 unspecified atom stereocenters. The van der Waals surface area contributed by atoms with Crippen molar-refractivity contribution in [3.05, 3.63) is 21.1 Å². The molecule has 0 saturated heterocycles. The normalized spacial score (nSPS) is 17.2. The van der Waals surface area contributed by atoms with Gasteiger partial charge in [0.1, 0.15) is 5.69 Å². The molecule has 7 nitrogen and oxygen atoms in total. The maximum Gasteiger partial charge on any atom is 0.332 e. The Kier molecular flexibility index (Phi) is 4.63. The van der Waals surface area contributed by atoms with Crippen LogP contribution in [0.25, 0.3) is 0 Å². The molecule has 0 atom stereocenters. The van der Waals surface area contributed by atoms with Gasteiger partial charge in [0.25, 0.3) is 0 Å². The summed E-state index contributed by atoms with van der Waals surface area (Å²) in [6.45, 7) is 2.17. The van der Waals surface area contributed by atoms with Crippen LogP contribution in [0, 0.1) is 17.0 Å². The Balaban J connectivity index is 2.25. The monoisotopic (exact) mass is 313 g/mol. The molecule has 21 heavy (non-hydrogen) atoms. The Morgan fingerprint density at radius 3 is 2.52 bits per heavy atom. The highest BCUT2D eigenvalue weighted by molar-refractivity contribution is 6.28. The van der Waals surface area contributed by atoms with Gasteiger partial charge in [-0.25, -0.2) is 4.98 Å². The largest absolute Gasteiger partial charge is 0.362 e. The summed E-state index contributed by atoms with van der Waals surface area (Å²) in [5.74, 6) is 0.200. The van der Waals surface area contributed by atoms with Crippen molar-refractivity contribution in [1.29, 1.82) is 0 Å². The van der Waals surface area contributed by atoms with Gasteiger partial charge in [-0.05, 0) is 45.5 Å². The molecule has 2 rings (SSSR count). The molecule has 1 aliphatic rings. The quantitative estimate of drug-likeness (QED) is 0.511. The molecule has 1 aromatic rings.